The molecule has 0 aromatic heterocycles. The second-order valence-corrected chi connectivity index (χ2v) is 9.67. The highest BCUT2D eigenvalue weighted by Crippen LogP contribution is 2.52. The summed E-state index contributed by atoms with van der Waals surface area (Å²) in [5.74, 6) is 0. The van der Waals surface area contributed by atoms with Crippen molar-refractivity contribution in [2.45, 2.75) is 56.7 Å². The van der Waals surface area contributed by atoms with Gasteiger partial charge in [-0.1, -0.05) is 62.9 Å². The van der Waals surface area contributed by atoms with Gasteiger partial charge in [-0.25, -0.2) is 0 Å². The fourth-order valence-electron chi connectivity index (χ4n) is 3.85. The maximum atomic E-state index is 2.46. The first-order chi connectivity index (χ1) is 12.8. The molecule has 1 aliphatic rings. The van der Waals surface area contributed by atoms with Crippen molar-refractivity contribution in [3.8, 4) is 0 Å². The van der Waals surface area contributed by atoms with Crippen LogP contribution in [-0.4, -0.2) is 0 Å². The molecule has 2 heteroatoms. The van der Waals surface area contributed by atoms with Gasteiger partial charge in [0.1, 0.15) is 0 Å². The third-order valence-corrected chi connectivity index (χ3v) is 6.38. The minimum absolute atomic E-state index is 0.152. The zero-order valence-corrected chi connectivity index (χ0v) is 17.9. The SMILES string of the molecule is Cc1ccc2c(c1)Sc1ccccc1N2c1c(C)cc(C(C)(C)C)cc1C. The molecule has 0 aliphatic carbocycles. The second kappa shape index (κ2) is 6.45. The summed E-state index contributed by atoms with van der Waals surface area (Å²) in [6, 6.07) is 20.2. The third kappa shape index (κ3) is 3.17. The molecule has 3 aromatic carbocycles. The van der Waals surface area contributed by atoms with Crippen LogP contribution in [0, 0.1) is 20.8 Å². The largest absolute Gasteiger partial charge is 0.308 e. The van der Waals surface area contributed by atoms with Crippen molar-refractivity contribution in [1.29, 1.82) is 0 Å². The van der Waals surface area contributed by atoms with E-state index >= 15 is 0 Å². The monoisotopic (exact) mass is 373 g/mol. The number of para-hydroxylation sites is 1. The molecule has 0 saturated heterocycles. The van der Waals surface area contributed by atoms with Gasteiger partial charge in [-0.2, -0.15) is 0 Å². The van der Waals surface area contributed by atoms with Gasteiger partial charge in [-0.3, -0.25) is 0 Å². The normalized spacial score (nSPS) is 13.3. The Labute approximate surface area is 167 Å². The Bertz CT molecular complexity index is 1000. The highest BCUT2D eigenvalue weighted by molar-refractivity contribution is 7.99. The summed E-state index contributed by atoms with van der Waals surface area (Å²) in [5.41, 5.74) is 9.36. The van der Waals surface area contributed by atoms with Crippen LogP contribution >= 0.6 is 11.8 Å². The molecule has 1 nitrogen and oxygen atoms in total. The molecule has 3 aromatic rings. The van der Waals surface area contributed by atoms with Crippen LogP contribution < -0.4 is 4.90 Å². The van der Waals surface area contributed by atoms with Crippen LogP contribution in [0.3, 0.4) is 0 Å². The van der Waals surface area contributed by atoms with E-state index in [-0.39, 0.29) is 5.41 Å². The van der Waals surface area contributed by atoms with E-state index in [0.29, 0.717) is 0 Å². The van der Waals surface area contributed by atoms with Crippen LogP contribution in [0.15, 0.2) is 64.4 Å². The Balaban J connectivity index is 1.97. The van der Waals surface area contributed by atoms with E-state index in [1.54, 1.807) is 0 Å². The average Bonchev–Trinajstić information content (AvgIpc) is 2.59. The van der Waals surface area contributed by atoms with Crippen LogP contribution in [0.4, 0.5) is 17.1 Å². The van der Waals surface area contributed by atoms with Gasteiger partial charge in [-0.05, 0) is 72.7 Å². The molecular weight excluding hydrogens is 346 g/mol. The summed E-state index contributed by atoms with van der Waals surface area (Å²) in [6.07, 6.45) is 0. The number of nitrogens with zero attached hydrogens (tertiary/aromatic N) is 1. The zero-order chi connectivity index (χ0) is 19.3. The van der Waals surface area contributed by atoms with Gasteiger partial charge in [0.2, 0.25) is 0 Å². The van der Waals surface area contributed by atoms with E-state index in [2.05, 4.69) is 101 Å². The van der Waals surface area contributed by atoms with Gasteiger partial charge >= 0.3 is 0 Å². The zero-order valence-electron chi connectivity index (χ0n) is 17.1. The topological polar surface area (TPSA) is 3.24 Å². The van der Waals surface area contributed by atoms with Crippen molar-refractivity contribution in [2.75, 3.05) is 4.90 Å². The molecular formula is C25H27NS. The van der Waals surface area contributed by atoms with Crippen molar-refractivity contribution in [3.63, 3.8) is 0 Å². The molecule has 0 fully saturated rings. The van der Waals surface area contributed by atoms with Gasteiger partial charge < -0.3 is 4.90 Å². The molecule has 1 aliphatic heterocycles. The Kier molecular flexibility index (Phi) is 4.35. The number of fused-ring (bicyclic) bond motifs is 2. The van der Waals surface area contributed by atoms with E-state index < -0.39 is 0 Å². The lowest BCUT2D eigenvalue weighted by Crippen LogP contribution is -2.19. The minimum Gasteiger partial charge on any atom is -0.308 e. The number of hydrogen-bond donors (Lipinski definition) is 0. The van der Waals surface area contributed by atoms with Crippen LogP contribution in [0.2, 0.25) is 0 Å². The summed E-state index contributed by atoms with van der Waals surface area (Å²) in [7, 11) is 0. The van der Waals surface area contributed by atoms with Gasteiger partial charge in [-0.15, -0.1) is 0 Å². The summed E-state index contributed by atoms with van der Waals surface area (Å²) in [4.78, 5) is 5.10. The smallest absolute Gasteiger partial charge is 0.0602 e. The third-order valence-electron chi connectivity index (χ3n) is 5.26. The van der Waals surface area contributed by atoms with Crippen molar-refractivity contribution < 1.29 is 0 Å². The predicted octanol–water partition coefficient (Wildman–Crippen LogP) is 7.84. The molecule has 0 saturated carbocycles. The molecule has 0 radical (unpaired) electrons. The molecule has 0 bridgehead atoms. The van der Waals surface area contributed by atoms with Crippen molar-refractivity contribution in [2.24, 2.45) is 0 Å². The average molecular weight is 374 g/mol. The molecule has 0 N–H and O–H groups in total. The van der Waals surface area contributed by atoms with Gasteiger partial charge in [0, 0.05) is 9.79 Å². The van der Waals surface area contributed by atoms with E-state index in [1.165, 1.54) is 49.1 Å². The Morgan fingerprint density at radius 1 is 0.741 bits per heavy atom. The molecule has 27 heavy (non-hydrogen) atoms. The van der Waals surface area contributed by atoms with Crippen LogP contribution in [0.1, 0.15) is 43.0 Å². The summed E-state index contributed by atoms with van der Waals surface area (Å²) < 4.78 is 0. The molecule has 4 rings (SSSR count). The Morgan fingerprint density at radius 2 is 1.37 bits per heavy atom. The number of aryl methyl sites for hydroxylation is 3. The van der Waals surface area contributed by atoms with Crippen molar-refractivity contribution in [1.82, 2.24) is 0 Å². The minimum atomic E-state index is 0.152. The predicted molar refractivity (Wildman–Crippen MR) is 118 cm³/mol. The quantitative estimate of drug-likeness (QED) is 0.334. The first-order valence-corrected chi connectivity index (χ1v) is 10.4. The number of anilines is 3. The fourth-order valence-corrected chi connectivity index (χ4v) is 5.00. The van der Waals surface area contributed by atoms with Crippen molar-refractivity contribution >= 4 is 28.8 Å². The fraction of sp³-hybridized carbons (Fsp3) is 0.280. The lowest BCUT2D eigenvalue weighted by Gasteiger charge is -2.35. The standard InChI is InChI=1S/C25H27NS/c1-16-11-12-21-23(13-16)27-22-10-8-7-9-20(22)26(21)24-17(2)14-19(15-18(24)3)25(4,5)6/h7-15H,1-6H3. The van der Waals surface area contributed by atoms with E-state index in [4.69, 9.17) is 0 Å². The number of rotatable bonds is 1. The molecule has 0 atom stereocenters. The van der Waals surface area contributed by atoms with Gasteiger partial charge in [0.05, 0.1) is 17.1 Å². The second-order valence-electron chi connectivity index (χ2n) is 8.59. The van der Waals surface area contributed by atoms with Gasteiger partial charge in [0.15, 0.2) is 0 Å². The first kappa shape index (κ1) is 18.2. The van der Waals surface area contributed by atoms with Crippen molar-refractivity contribution in [3.05, 3.63) is 76.9 Å². The number of benzene rings is 3. The molecule has 138 valence electrons. The Morgan fingerprint density at radius 3 is 2.04 bits per heavy atom. The lowest BCUT2D eigenvalue weighted by atomic mass is 9.84. The molecule has 0 spiro atoms. The van der Waals surface area contributed by atoms with E-state index in [0.717, 1.165) is 0 Å². The van der Waals surface area contributed by atoms with E-state index in [9.17, 15) is 0 Å². The summed E-state index contributed by atoms with van der Waals surface area (Å²) in [6.45, 7) is 13.5. The van der Waals surface area contributed by atoms with Crippen LogP contribution in [-0.2, 0) is 5.41 Å². The van der Waals surface area contributed by atoms with E-state index in [1.807, 2.05) is 11.8 Å². The van der Waals surface area contributed by atoms with Crippen LogP contribution in [0.5, 0.6) is 0 Å². The maximum Gasteiger partial charge on any atom is 0.0602 e. The molecule has 0 amide bonds. The summed E-state index contributed by atoms with van der Waals surface area (Å²) >= 11 is 1.87. The van der Waals surface area contributed by atoms with Crippen LogP contribution in [0.25, 0.3) is 0 Å². The maximum absolute atomic E-state index is 2.46. The highest BCUT2D eigenvalue weighted by Gasteiger charge is 2.27. The Hall–Kier alpha value is -2.19. The van der Waals surface area contributed by atoms with Gasteiger partial charge in [0.25, 0.3) is 0 Å². The lowest BCUT2D eigenvalue weighted by molar-refractivity contribution is 0.589. The first-order valence-electron chi connectivity index (χ1n) is 9.55. The summed E-state index contributed by atoms with van der Waals surface area (Å²) in [5, 5.41) is 0. The number of hydrogen-bond acceptors (Lipinski definition) is 2. The highest BCUT2D eigenvalue weighted by atomic mass is 32.2. The molecule has 0 unspecified atom stereocenters. The molecule has 1 heterocycles.